The van der Waals surface area contributed by atoms with Crippen LogP contribution in [0.15, 0.2) is 56.4 Å². The molecule has 4 atom stereocenters. The van der Waals surface area contributed by atoms with E-state index in [1.54, 1.807) is 0 Å². The summed E-state index contributed by atoms with van der Waals surface area (Å²) >= 11 is 0. The fourth-order valence-corrected chi connectivity index (χ4v) is 5.10. The third-order valence-electron chi connectivity index (χ3n) is 8.33. The van der Waals surface area contributed by atoms with E-state index >= 15 is 0 Å². The van der Waals surface area contributed by atoms with E-state index in [0.717, 1.165) is 48.5 Å². The summed E-state index contributed by atoms with van der Waals surface area (Å²) in [6.07, 6.45) is 27.4. The Morgan fingerprint density at radius 2 is 0.653 bits per heavy atom. The Balaban J connectivity index is 0.000000922. The maximum atomic E-state index is 4.62. The predicted octanol–water partition coefficient (Wildman–Crippen LogP) is 11.7. The molecule has 274 valence electrons. The van der Waals surface area contributed by atoms with Crippen molar-refractivity contribution in [2.24, 2.45) is 20.0 Å². The summed E-state index contributed by atoms with van der Waals surface area (Å²) in [6, 6.07) is 13.5. The van der Waals surface area contributed by atoms with Crippen LogP contribution in [0.1, 0.15) is 181 Å². The first kappa shape index (κ1) is 46.5. The number of aromatic nitrogens is 2. The summed E-state index contributed by atoms with van der Waals surface area (Å²) in [7, 11) is 0. The van der Waals surface area contributed by atoms with Crippen molar-refractivity contribution in [3.63, 3.8) is 0 Å². The molecular weight excluding hydrogens is 644 g/mol. The number of hydrogen-bond donors (Lipinski definition) is 0. The van der Waals surface area contributed by atoms with Crippen molar-refractivity contribution < 1.29 is 17.1 Å². The van der Waals surface area contributed by atoms with Gasteiger partial charge in [0.1, 0.15) is 0 Å². The van der Waals surface area contributed by atoms with Crippen LogP contribution < -0.4 is 0 Å². The van der Waals surface area contributed by atoms with Gasteiger partial charge in [-0.3, -0.25) is 20.0 Å². The zero-order valence-corrected chi connectivity index (χ0v) is 33.5. The molecule has 0 N–H and O–H groups in total. The minimum absolute atomic E-state index is 0. The molecule has 2 heterocycles. The van der Waals surface area contributed by atoms with E-state index in [-0.39, 0.29) is 17.1 Å². The Bertz CT molecular complexity index is 1000. The van der Waals surface area contributed by atoms with E-state index in [4.69, 9.17) is 0 Å². The van der Waals surface area contributed by atoms with Crippen molar-refractivity contribution in [2.45, 2.75) is 182 Å². The molecule has 0 aliphatic carbocycles. The maximum Gasteiger partial charge on any atom is 2.00 e. The average molecular weight is 715 g/mol. The summed E-state index contributed by atoms with van der Waals surface area (Å²) in [5, 5.41) is 0. The molecule has 0 fully saturated rings. The fraction of sp³-hybridized carbons (Fsp3) is 0.667. The van der Waals surface area contributed by atoms with E-state index in [9.17, 15) is 0 Å². The first-order chi connectivity index (χ1) is 23.3. The van der Waals surface area contributed by atoms with Crippen LogP contribution in [0.5, 0.6) is 0 Å². The van der Waals surface area contributed by atoms with Crippen LogP contribution in [0.2, 0.25) is 0 Å². The number of nitrogens with zero attached hydrogens (tertiary/aromatic N) is 6. The van der Waals surface area contributed by atoms with E-state index in [0.29, 0.717) is 24.2 Å². The molecular formula is C42H70FeN6+2. The van der Waals surface area contributed by atoms with Crippen LogP contribution >= 0.6 is 0 Å². The summed E-state index contributed by atoms with van der Waals surface area (Å²) in [6.45, 7) is 17.6. The zero-order valence-electron chi connectivity index (χ0n) is 32.4. The van der Waals surface area contributed by atoms with Gasteiger partial charge in [0, 0.05) is 49.0 Å². The third-order valence-corrected chi connectivity index (χ3v) is 8.33. The second kappa shape index (κ2) is 31.5. The molecule has 0 aromatic carbocycles. The number of hydrogen-bond acceptors (Lipinski definition) is 6. The SMILES string of the molecule is CCCCCC(C)N=Cc1cccc(C=NC(C)CCCCC)n1.CCCCCC(C)N=Cc1cccc(C=NC(C)CCCCC)n1.[Fe+2]. The van der Waals surface area contributed by atoms with Crippen molar-refractivity contribution in [3.05, 3.63) is 59.2 Å². The molecule has 0 saturated carbocycles. The summed E-state index contributed by atoms with van der Waals surface area (Å²) in [5.74, 6) is 0. The van der Waals surface area contributed by atoms with Gasteiger partial charge < -0.3 is 0 Å². The van der Waals surface area contributed by atoms with Crippen LogP contribution in [-0.2, 0) is 17.1 Å². The molecule has 0 amide bonds. The van der Waals surface area contributed by atoms with Crippen molar-refractivity contribution in [1.82, 2.24) is 9.97 Å². The smallest absolute Gasteiger partial charge is 0.288 e. The molecule has 0 aliphatic rings. The monoisotopic (exact) mass is 715 g/mol. The van der Waals surface area contributed by atoms with Crippen LogP contribution in [-0.4, -0.2) is 59.0 Å². The van der Waals surface area contributed by atoms with Crippen molar-refractivity contribution in [3.8, 4) is 0 Å². The summed E-state index contributed by atoms with van der Waals surface area (Å²) in [4.78, 5) is 27.7. The molecule has 2 aromatic rings. The van der Waals surface area contributed by atoms with Crippen molar-refractivity contribution in [2.75, 3.05) is 0 Å². The van der Waals surface area contributed by atoms with Gasteiger partial charge in [0.05, 0.1) is 22.8 Å². The first-order valence-electron chi connectivity index (χ1n) is 19.4. The van der Waals surface area contributed by atoms with E-state index in [1.165, 1.54) is 77.0 Å². The number of rotatable bonds is 24. The third kappa shape index (κ3) is 26.0. The van der Waals surface area contributed by atoms with Crippen LogP contribution in [0.3, 0.4) is 0 Å². The van der Waals surface area contributed by atoms with E-state index in [2.05, 4.69) is 85.3 Å². The largest absolute Gasteiger partial charge is 2.00 e. The van der Waals surface area contributed by atoms with Crippen LogP contribution in [0.4, 0.5) is 0 Å². The first-order valence-corrected chi connectivity index (χ1v) is 19.4. The summed E-state index contributed by atoms with van der Waals surface area (Å²) < 4.78 is 0. The quantitative estimate of drug-likeness (QED) is 0.0617. The average Bonchev–Trinajstić information content (AvgIpc) is 3.09. The molecule has 4 unspecified atom stereocenters. The molecule has 6 nitrogen and oxygen atoms in total. The Morgan fingerprint density at radius 3 is 0.857 bits per heavy atom. The van der Waals surface area contributed by atoms with Crippen molar-refractivity contribution in [1.29, 1.82) is 0 Å². The Hall–Kier alpha value is -2.50. The second-order valence-electron chi connectivity index (χ2n) is 13.5. The van der Waals surface area contributed by atoms with Crippen LogP contribution in [0, 0.1) is 0 Å². The molecule has 0 aliphatic heterocycles. The number of aliphatic imine (C=N–C) groups is 4. The number of unbranched alkanes of at least 4 members (excludes halogenated alkanes) is 8. The van der Waals surface area contributed by atoms with Gasteiger partial charge in [-0.1, -0.05) is 117 Å². The van der Waals surface area contributed by atoms with E-state index in [1.807, 2.05) is 61.3 Å². The normalized spacial score (nSPS) is 14.2. The van der Waals surface area contributed by atoms with Gasteiger partial charge in [-0.05, 0) is 77.6 Å². The predicted molar refractivity (Wildman–Crippen MR) is 213 cm³/mol. The van der Waals surface area contributed by atoms with Gasteiger partial charge in [0.15, 0.2) is 0 Å². The van der Waals surface area contributed by atoms with E-state index < -0.39 is 0 Å². The molecule has 0 bridgehead atoms. The van der Waals surface area contributed by atoms with Gasteiger partial charge in [-0.15, -0.1) is 0 Å². The van der Waals surface area contributed by atoms with Gasteiger partial charge >= 0.3 is 17.1 Å². The molecule has 2 aromatic heterocycles. The van der Waals surface area contributed by atoms with Gasteiger partial charge in [-0.25, -0.2) is 9.97 Å². The summed E-state index contributed by atoms with van der Waals surface area (Å²) in [5.41, 5.74) is 3.67. The molecule has 49 heavy (non-hydrogen) atoms. The van der Waals surface area contributed by atoms with Gasteiger partial charge in [0.2, 0.25) is 0 Å². The Morgan fingerprint density at radius 1 is 0.429 bits per heavy atom. The maximum absolute atomic E-state index is 4.62. The number of pyridine rings is 2. The van der Waals surface area contributed by atoms with Crippen molar-refractivity contribution >= 4 is 24.9 Å². The molecule has 7 heteroatoms. The van der Waals surface area contributed by atoms with Gasteiger partial charge in [0.25, 0.3) is 0 Å². The minimum Gasteiger partial charge on any atom is -0.288 e. The Kier molecular flexibility index (Phi) is 29.9. The molecule has 0 spiro atoms. The molecule has 0 saturated heterocycles. The standard InChI is InChI=1S/2C21H35N3.Fe/c2*1-5-7-9-12-18(3)22-16-20-14-11-15-21(24-20)17-23-19(4)13-10-8-6-2;/h2*11,14-19H,5-10,12-13H2,1-4H3;/q;;+2. The minimum atomic E-state index is 0. The topological polar surface area (TPSA) is 75.2 Å². The van der Waals surface area contributed by atoms with Gasteiger partial charge in [-0.2, -0.15) is 0 Å². The second-order valence-corrected chi connectivity index (χ2v) is 13.5. The fourth-order valence-electron chi connectivity index (χ4n) is 5.10. The zero-order chi connectivity index (χ0) is 35.2. The Labute approximate surface area is 312 Å². The van der Waals surface area contributed by atoms with Crippen LogP contribution in [0.25, 0.3) is 0 Å². The molecule has 0 radical (unpaired) electrons. The molecule has 2 rings (SSSR count).